The Hall–Kier alpha value is -2.38. The van der Waals surface area contributed by atoms with Gasteiger partial charge in [0.15, 0.2) is 23.3 Å². The molecule has 2 N–H and O–H groups in total. The molecule has 0 aliphatic rings. The highest BCUT2D eigenvalue weighted by Gasteiger charge is 2.18. The summed E-state index contributed by atoms with van der Waals surface area (Å²) >= 11 is 0. The molecule has 0 saturated carbocycles. The first-order valence-corrected chi connectivity index (χ1v) is 6.38. The Morgan fingerprint density at radius 3 is 2.29 bits per heavy atom. The summed E-state index contributed by atoms with van der Waals surface area (Å²) in [7, 11) is 0. The van der Waals surface area contributed by atoms with E-state index in [0.29, 0.717) is 13.1 Å². The van der Waals surface area contributed by atoms with Crippen LogP contribution in [0, 0.1) is 17.5 Å². The van der Waals surface area contributed by atoms with E-state index in [9.17, 15) is 13.2 Å². The fourth-order valence-corrected chi connectivity index (χ4v) is 1.85. The molecule has 0 aliphatic carbocycles. The molecule has 0 spiro atoms. The first-order chi connectivity index (χ1) is 9.97. The lowest BCUT2D eigenvalue weighted by atomic mass is 10.2. The van der Waals surface area contributed by atoms with Crippen LogP contribution >= 0.6 is 0 Å². The molecule has 1 aromatic heterocycles. The van der Waals surface area contributed by atoms with Crippen LogP contribution < -0.4 is 10.6 Å². The summed E-state index contributed by atoms with van der Waals surface area (Å²) in [6.07, 6.45) is 0. The molecule has 0 aliphatic heterocycles. The zero-order valence-corrected chi connectivity index (χ0v) is 11.6. The molecule has 1 heterocycles. The average molecular weight is 297 g/mol. The number of nitrogens with zero attached hydrogens (tertiary/aromatic N) is 4. The molecule has 21 heavy (non-hydrogen) atoms. The van der Waals surface area contributed by atoms with Gasteiger partial charge in [-0.3, -0.25) is 0 Å². The first-order valence-electron chi connectivity index (χ1n) is 6.38. The zero-order valence-electron chi connectivity index (χ0n) is 11.6. The smallest absolute Gasteiger partial charge is 0.230 e. The Bertz CT molecular complexity index is 658. The number of nitrogen functional groups attached to an aromatic ring is 1. The lowest BCUT2D eigenvalue weighted by Gasteiger charge is -2.19. The number of halogens is 3. The molecule has 0 bridgehead atoms. The zero-order chi connectivity index (χ0) is 15.6. The van der Waals surface area contributed by atoms with Gasteiger partial charge in [0, 0.05) is 13.1 Å². The second-order valence-corrected chi connectivity index (χ2v) is 4.21. The third kappa shape index (κ3) is 2.88. The third-order valence-electron chi connectivity index (χ3n) is 2.96. The van der Waals surface area contributed by atoms with Crippen molar-refractivity contribution < 1.29 is 13.2 Å². The van der Waals surface area contributed by atoms with E-state index >= 15 is 0 Å². The van der Waals surface area contributed by atoms with Crippen molar-refractivity contribution >= 4 is 11.9 Å². The molecule has 5 nitrogen and oxygen atoms in total. The van der Waals surface area contributed by atoms with Gasteiger partial charge in [-0.1, -0.05) is 0 Å². The van der Waals surface area contributed by atoms with Crippen molar-refractivity contribution in [3.05, 3.63) is 29.6 Å². The minimum Gasteiger partial charge on any atom is -0.368 e. The van der Waals surface area contributed by atoms with Crippen molar-refractivity contribution in [1.29, 1.82) is 0 Å². The summed E-state index contributed by atoms with van der Waals surface area (Å²) < 4.78 is 40.1. The molecule has 2 rings (SSSR count). The van der Waals surface area contributed by atoms with E-state index in [0.717, 1.165) is 12.1 Å². The SMILES string of the molecule is CCN(CC)c1nc(N)nc(-c2ccc(F)c(F)c2F)n1. The lowest BCUT2D eigenvalue weighted by Crippen LogP contribution is -2.25. The van der Waals surface area contributed by atoms with Crippen LogP contribution in [0.2, 0.25) is 0 Å². The van der Waals surface area contributed by atoms with Gasteiger partial charge in [0.2, 0.25) is 11.9 Å². The third-order valence-corrected chi connectivity index (χ3v) is 2.96. The Morgan fingerprint density at radius 1 is 1.00 bits per heavy atom. The van der Waals surface area contributed by atoms with Crippen LogP contribution in [0.5, 0.6) is 0 Å². The van der Waals surface area contributed by atoms with E-state index in [2.05, 4.69) is 15.0 Å². The van der Waals surface area contributed by atoms with E-state index in [1.165, 1.54) is 0 Å². The van der Waals surface area contributed by atoms with Crippen LogP contribution in [0.4, 0.5) is 25.1 Å². The van der Waals surface area contributed by atoms with Crippen LogP contribution in [-0.2, 0) is 0 Å². The maximum atomic E-state index is 13.8. The van der Waals surface area contributed by atoms with Gasteiger partial charge in [-0.15, -0.1) is 0 Å². The Balaban J connectivity index is 2.57. The average Bonchev–Trinajstić information content (AvgIpc) is 2.45. The minimum absolute atomic E-state index is 0.119. The van der Waals surface area contributed by atoms with E-state index < -0.39 is 17.5 Å². The molecular weight excluding hydrogens is 283 g/mol. The van der Waals surface area contributed by atoms with Crippen molar-refractivity contribution in [2.24, 2.45) is 0 Å². The molecule has 0 fully saturated rings. The Morgan fingerprint density at radius 2 is 1.67 bits per heavy atom. The minimum atomic E-state index is -1.57. The highest BCUT2D eigenvalue weighted by molar-refractivity contribution is 5.59. The van der Waals surface area contributed by atoms with Gasteiger partial charge >= 0.3 is 0 Å². The number of aromatic nitrogens is 3. The molecular formula is C13H14F3N5. The quantitative estimate of drug-likeness (QED) is 0.878. The summed E-state index contributed by atoms with van der Waals surface area (Å²) in [4.78, 5) is 13.6. The lowest BCUT2D eigenvalue weighted by molar-refractivity contribution is 0.448. The number of anilines is 2. The van der Waals surface area contributed by atoms with Crippen LogP contribution in [0.1, 0.15) is 13.8 Å². The fourth-order valence-electron chi connectivity index (χ4n) is 1.85. The molecule has 1 aromatic carbocycles. The number of benzene rings is 1. The van der Waals surface area contributed by atoms with Gasteiger partial charge < -0.3 is 10.6 Å². The van der Waals surface area contributed by atoms with Crippen molar-refractivity contribution in [1.82, 2.24) is 15.0 Å². The maximum Gasteiger partial charge on any atom is 0.230 e. The molecule has 0 amide bonds. The van der Waals surface area contributed by atoms with E-state index in [-0.39, 0.29) is 23.3 Å². The van der Waals surface area contributed by atoms with Crippen LogP contribution in [0.3, 0.4) is 0 Å². The van der Waals surface area contributed by atoms with Gasteiger partial charge in [-0.2, -0.15) is 15.0 Å². The molecule has 8 heteroatoms. The fraction of sp³-hybridized carbons (Fsp3) is 0.308. The summed E-state index contributed by atoms with van der Waals surface area (Å²) in [6.45, 7) is 5.00. The van der Waals surface area contributed by atoms with Crippen molar-refractivity contribution in [2.45, 2.75) is 13.8 Å². The number of hydrogen-bond donors (Lipinski definition) is 1. The van der Waals surface area contributed by atoms with E-state index in [1.54, 1.807) is 4.90 Å². The highest BCUT2D eigenvalue weighted by Crippen LogP contribution is 2.24. The largest absolute Gasteiger partial charge is 0.368 e. The normalized spacial score (nSPS) is 10.7. The summed E-state index contributed by atoms with van der Waals surface area (Å²) in [5, 5.41) is 0. The molecule has 0 unspecified atom stereocenters. The highest BCUT2D eigenvalue weighted by atomic mass is 19.2. The van der Waals surface area contributed by atoms with Gasteiger partial charge in [0.1, 0.15) is 0 Å². The van der Waals surface area contributed by atoms with Gasteiger partial charge in [-0.05, 0) is 26.0 Å². The summed E-state index contributed by atoms with van der Waals surface area (Å²) in [5.41, 5.74) is 5.32. The second-order valence-electron chi connectivity index (χ2n) is 4.21. The van der Waals surface area contributed by atoms with Gasteiger partial charge in [0.25, 0.3) is 0 Å². The number of hydrogen-bond acceptors (Lipinski definition) is 5. The van der Waals surface area contributed by atoms with Gasteiger partial charge in [0.05, 0.1) is 5.56 Å². The van der Waals surface area contributed by atoms with Crippen LogP contribution in [0.25, 0.3) is 11.4 Å². The predicted molar refractivity (Wildman–Crippen MR) is 73.1 cm³/mol. The van der Waals surface area contributed by atoms with Crippen molar-refractivity contribution in [3.63, 3.8) is 0 Å². The van der Waals surface area contributed by atoms with Crippen molar-refractivity contribution in [2.75, 3.05) is 23.7 Å². The van der Waals surface area contributed by atoms with E-state index in [4.69, 9.17) is 5.73 Å². The maximum absolute atomic E-state index is 13.8. The van der Waals surface area contributed by atoms with Crippen molar-refractivity contribution in [3.8, 4) is 11.4 Å². The Labute approximate surface area is 119 Å². The summed E-state index contributed by atoms with van der Waals surface area (Å²) in [6, 6.07) is 1.87. The molecule has 0 saturated heterocycles. The standard InChI is InChI=1S/C13H14F3N5/c1-3-21(4-2)13-19-11(18-12(17)20-13)7-5-6-8(14)10(16)9(7)15/h5-6H,3-4H2,1-2H3,(H2,17,18,19,20). The van der Waals surface area contributed by atoms with Gasteiger partial charge in [-0.25, -0.2) is 13.2 Å². The monoisotopic (exact) mass is 297 g/mol. The predicted octanol–water partition coefficient (Wildman–Crippen LogP) is 2.38. The molecule has 0 radical (unpaired) electrons. The van der Waals surface area contributed by atoms with Crippen LogP contribution in [-0.4, -0.2) is 28.0 Å². The molecule has 112 valence electrons. The number of nitrogens with two attached hydrogens (primary N) is 1. The topological polar surface area (TPSA) is 67.9 Å². The second kappa shape index (κ2) is 5.94. The summed E-state index contributed by atoms with van der Waals surface area (Å²) in [5.74, 6) is -4.21. The Kier molecular flexibility index (Phi) is 4.25. The van der Waals surface area contributed by atoms with E-state index in [1.807, 2.05) is 13.8 Å². The molecule has 0 atom stereocenters. The first kappa shape index (κ1) is 15.0. The molecule has 2 aromatic rings. The van der Waals surface area contributed by atoms with Crippen LogP contribution in [0.15, 0.2) is 12.1 Å². The number of rotatable bonds is 4.